The Morgan fingerprint density at radius 2 is 2.00 bits per heavy atom. The highest BCUT2D eigenvalue weighted by Gasteiger charge is 2.42. The van der Waals surface area contributed by atoms with Crippen molar-refractivity contribution in [2.75, 3.05) is 11.4 Å². The Hall–Kier alpha value is -2.41. The fourth-order valence-corrected chi connectivity index (χ4v) is 4.43. The van der Waals surface area contributed by atoms with Gasteiger partial charge in [0.25, 0.3) is 0 Å². The zero-order valence-corrected chi connectivity index (χ0v) is 15.6. The summed E-state index contributed by atoms with van der Waals surface area (Å²) in [4.78, 5) is 17.7. The van der Waals surface area contributed by atoms with Crippen molar-refractivity contribution >= 4 is 12.0 Å². The normalized spacial score (nSPS) is 27.1. The van der Waals surface area contributed by atoms with Crippen LogP contribution in [0.5, 0.6) is 0 Å². The number of ether oxygens (including phenoxy) is 1. The van der Waals surface area contributed by atoms with Gasteiger partial charge >= 0.3 is 6.18 Å². The lowest BCUT2D eigenvalue weighted by molar-refractivity contribution is -0.141. The highest BCUT2D eigenvalue weighted by atomic mass is 19.4. The first-order valence-corrected chi connectivity index (χ1v) is 9.33. The number of hydrogen-bond donors (Lipinski definition) is 0. The molecule has 0 bridgehead atoms. The summed E-state index contributed by atoms with van der Waals surface area (Å²) in [6.45, 7) is 4.65. The molecule has 1 saturated heterocycles. The van der Waals surface area contributed by atoms with E-state index < -0.39 is 11.9 Å². The van der Waals surface area contributed by atoms with Crippen LogP contribution in [0.1, 0.15) is 25.1 Å². The average Bonchev–Trinajstić information content (AvgIpc) is 2.66. The summed E-state index contributed by atoms with van der Waals surface area (Å²) in [6, 6.07) is 9.44. The first kappa shape index (κ1) is 18.9. The van der Waals surface area contributed by atoms with E-state index in [-0.39, 0.29) is 29.9 Å². The number of halogens is 3. The number of carbonyl (C=O) groups excluding carboxylic acids is 1. The van der Waals surface area contributed by atoms with Crippen molar-refractivity contribution in [2.45, 2.75) is 44.7 Å². The summed E-state index contributed by atoms with van der Waals surface area (Å²) in [6.07, 6.45) is -3.02. The topological polar surface area (TPSA) is 42.4 Å². The average molecular weight is 390 g/mol. The van der Waals surface area contributed by atoms with Crippen LogP contribution >= 0.6 is 0 Å². The second kappa shape index (κ2) is 6.88. The fraction of sp³-hybridized carbons (Fsp3) is 0.429. The van der Waals surface area contributed by atoms with Crippen molar-refractivity contribution in [1.82, 2.24) is 4.98 Å². The molecular weight excluding hydrogens is 369 g/mol. The van der Waals surface area contributed by atoms with Crippen LogP contribution < -0.4 is 4.90 Å². The quantitative estimate of drug-likeness (QED) is 0.724. The van der Waals surface area contributed by atoms with Gasteiger partial charge in [-0.1, -0.05) is 12.1 Å². The number of aromatic nitrogens is 1. The van der Waals surface area contributed by atoms with Crippen LogP contribution in [0.25, 0.3) is 11.3 Å². The highest BCUT2D eigenvalue weighted by molar-refractivity contribution is 5.71. The molecule has 148 valence electrons. The number of aldehydes is 1. The molecule has 3 heterocycles. The summed E-state index contributed by atoms with van der Waals surface area (Å²) in [7, 11) is 0. The molecule has 0 radical (unpaired) electrons. The van der Waals surface area contributed by atoms with E-state index >= 15 is 0 Å². The number of anilines is 1. The van der Waals surface area contributed by atoms with Gasteiger partial charge in [-0.3, -0.25) is 0 Å². The van der Waals surface area contributed by atoms with Crippen LogP contribution in [0.3, 0.4) is 0 Å². The zero-order valence-electron chi connectivity index (χ0n) is 15.6. The highest BCUT2D eigenvalue weighted by Crippen LogP contribution is 2.40. The van der Waals surface area contributed by atoms with Crippen LogP contribution in [-0.4, -0.2) is 36.1 Å². The maximum absolute atomic E-state index is 13.0. The minimum atomic E-state index is -4.49. The molecule has 0 N–H and O–H groups in total. The number of benzene rings is 1. The third-order valence-electron chi connectivity index (χ3n) is 5.53. The molecule has 0 amide bonds. The van der Waals surface area contributed by atoms with Crippen molar-refractivity contribution in [1.29, 1.82) is 0 Å². The predicted octanol–water partition coefficient (Wildman–Crippen LogP) is 4.12. The van der Waals surface area contributed by atoms with Crippen LogP contribution in [-0.2, 0) is 22.1 Å². The molecule has 4 atom stereocenters. The monoisotopic (exact) mass is 390 g/mol. The van der Waals surface area contributed by atoms with Crippen LogP contribution in [0.2, 0.25) is 0 Å². The third kappa shape index (κ3) is 3.28. The van der Waals surface area contributed by atoms with Crippen molar-refractivity contribution in [3.63, 3.8) is 0 Å². The molecule has 7 heteroatoms. The van der Waals surface area contributed by atoms with E-state index in [1.54, 1.807) is 12.1 Å². The van der Waals surface area contributed by atoms with Gasteiger partial charge in [-0.15, -0.1) is 0 Å². The van der Waals surface area contributed by atoms with Crippen molar-refractivity contribution in [3.8, 4) is 11.3 Å². The van der Waals surface area contributed by atoms with E-state index in [9.17, 15) is 18.0 Å². The Morgan fingerprint density at radius 3 is 2.71 bits per heavy atom. The number of carbonyl (C=O) groups is 1. The van der Waals surface area contributed by atoms with E-state index in [4.69, 9.17) is 4.74 Å². The van der Waals surface area contributed by atoms with E-state index in [2.05, 4.69) is 9.88 Å². The van der Waals surface area contributed by atoms with Gasteiger partial charge in [0.1, 0.15) is 12.0 Å². The third-order valence-corrected chi connectivity index (χ3v) is 5.53. The van der Waals surface area contributed by atoms with Gasteiger partial charge in [-0.25, -0.2) is 4.98 Å². The largest absolute Gasteiger partial charge is 0.433 e. The number of alkyl halides is 3. The molecule has 2 aliphatic rings. The molecule has 2 aliphatic heterocycles. The molecule has 28 heavy (non-hydrogen) atoms. The molecule has 2 unspecified atom stereocenters. The molecule has 2 aromatic rings. The molecule has 4 nitrogen and oxygen atoms in total. The SMILES string of the molecule is C[C@@H]1CN2c3ccc(-c4cccc(C(F)(F)F)n4)cc3CC(C=O)C2[C@H](C)O1. The number of hydrogen-bond acceptors (Lipinski definition) is 4. The maximum atomic E-state index is 13.0. The summed E-state index contributed by atoms with van der Waals surface area (Å²) in [5.74, 6) is -0.222. The van der Waals surface area contributed by atoms with Gasteiger partial charge in [0.05, 0.1) is 23.9 Å². The molecular formula is C21H21F3N2O2. The summed E-state index contributed by atoms with van der Waals surface area (Å²) in [5.41, 5.74) is 1.94. The summed E-state index contributed by atoms with van der Waals surface area (Å²) in [5, 5.41) is 0. The molecule has 0 spiro atoms. The maximum Gasteiger partial charge on any atom is 0.433 e. The molecule has 0 aliphatic carbocycles. The lowest BCUT2D eigenvalue weighted by Crippen LogP contribution is -2.59. The summed E-state index contributed by atoms with van der Waals surface area (Å²) < 4.78 is 44.9. The molecule has 1 aromatic heterocycles. The first-order chi connectivity index (χ1) is 13.3. The molecule has 1 aromatic carbocycles. The van der Waals surface area contributed by atoms with Crippen molar-refractivity contribution in [3.05, 3.63) is 47.7 Å². The lowest BCUT2D eigenvalue weighted by atomic mass is 9.82. The van der Waals surface area contributed by atoms with Gasteiger partial charge in [0.2, 0.25) is 0 Å². The Bertz CT molecular complexity index is 899. The van der Waals surface area contributed by atoms with Gasteiger partial charge in [0, 0.05) is 23.7 Å². The minimum absolute atomic E-state index is 0.0290. The Kier molecular flexibility index (Phi) is 4.65. The first-order valence-electron chi connectivity index (χ1n) is 9.33. The van der Waals surface area contributed by atoms with Crippen molar-refractivity contribution < 1.29 is 22.7 Å². The number of pyridine rings is 1. The smallest absolute Gasteiger partial charge is 0.372 e. The van der Waals surface area contributed by atoms with Crippen LogP contribution in [0.4, 0.5) is 18.9 Å². The van der Waals surface area contributed by atoms with Crippen LogP contribution in [0.15, 0.2) is 36.4 Å². The van der Waals surface area contributed by atoms with Gasteiger partial charge in [-0.05, 0) is 50.1 Å². The fourth-order valence-electron chi connectivity index (χ4n) is 4.43. The van der Waals surface area contributed by atoms with Gasteiger partial charge < -0.3 is 14.4 Å². The Labute approximate surface area is 161 Å². The van der Waals surface area contributed by atoms with E-state index in [1.165, 1.54) is 6.07 Å². The number of morpholine rings is 1. The Balaban J connectivity index is 1.74. The molecule has 4 rings (SSSR count). The number of fused-ring (bicyclic) bond motifs is 3. The minimum Gasteiger partial charge on any atom is -0.372 e. The standard InChI is InChI=1S/C21H21F3N2O2/c1-12-10-26-18-7-6-14(17-4-3-5-19(25-17)21(22,23)24)8-15(18)9-16(11-27)20(26)13(2)28-12/h3-8,11-13,16,20H,9-10H2,1-2H3/t12-,13+,16?,20?/m1/s1. The van der Waals surface area contributed by atoms with Crippen LogP contribution in [0, 0.1) is 5.92 Å². The van der Waals surface area contributed by atoms with Gasteiger partial charge in [-0.2, -0.15) is 13.2 Å². The van der Waals surface area contributed by atoms with E-state index in [0.717, 1.165) is 23.6 Å². The second-order valence-electron chi connectivity index (χ2n) is 7.55. The van der Waals surface area contributed by atoms with E-state index in [0.29, 0.717) is 18.5 Å². The molecule has 1 fully saturated rings. The zero-order chi connectivity index (χ0) is 20.1. The van der Waals surface area contributed by atoms with Crippen molar-refractivity contribution in [2.24, 2.45) is 5.92 Å². The summed E-state index contributed by atoms with van der Waals surface area (Å²) >= 11 is 0. The van der Waals surface area contributed by atoms with E-state index in [1.807, 2.05) is 26.0 Å². The van der Waals surface area contributed by atoms with Gasteiger partial charge in [0.15, 0.2) is 0 Å². The Morgan fingerprint density at radius 1 is 1.21 bits per heavy atom. The second-order valence-corrected chi connectivity index (χ2v) is 7.55. The predicted molar refractivity (Wildman–Crippen MR) is 99.1 cm³/mol. The lowest BCUT2D eigenvalue weighted by Gasteiger charge is -2.49. The molecule has 0 saturated carbocycles. The number of rotatable bonds is 2. The number of nitrogens with zero attached hydrogens (tertiary/aromatic N) is 2.